The van der Waals surface area contributed by atoms with Crippen molar-refractivity contribution in [2.75, 3.05) is 12.4 Å². The zero-order chi connectivity index (χ0) is 13.0. The number of hydrogen-bond acceptors (Lipinski definition) is 2. The topological polar surface area (TPSA) is 39.1 Å². The van der Waals surface area contributed by atoms with E-state index in [4.69, 9.17) is 12.2 Å². The number of thiocarbonyl (C=S) groups is 1. The van der Waals surface area contributed by atoms with Crippen LogP contribution in [0.4, 0.5) is 5.69 Å². The van der Waals surface area contributed by atoms with Crippen LogP contribution in [0.5, 0.6) is 0 Å². The Morgan fingerprint density at radius 2 is 1.94 bits per heavy atom. The summed E-state index contributed by atoms with van der Waals surface area (Å²) in [7, 11) is 1.91. The fraction of sp³-hybridized carbons (Fsp3) is 0.429. The fourth-order valence-corrected chi connectivity index (χ4v) is 2.70. The van der Waals surface area contributed by atoms with Crippen LogP contribution >= 0.6 is 12.2 Å². The molecule has 1 fully saturated rings. The Balaban J connectivity index is 2.07. The van der Waals surface area contributed by atoms with Crippen molar-refractivity contribution in [1.82, 2.24) is 4.90 Å². The van der Waals surface area contributed by atoms with Gasteiger partial charge in [0.15, 0.2) is 5.11 Å². The van der Waals surface area contributed by atoms with E-state index in [0.717, 1.165) is 31.4 Å². The first kappa shape index (κ1) is 12.8. The van der Waals surface area contributed by atoms with E-state index in [0.29, 0.717) is 5.11 Å². The highest BCUT2D eigenvalue weighted by Crippen LogP contribution is 2.34. The van der Waals surface area contributed by atoms with Crippen molar-refractivity contribution in [3.05, 3.63) is 30.3 Å². The van der Waals surface area contributed by atoms with Gasteiger partial charge in [0.2, 0.25) is 0 Å². The molecule has 1 saturated carbocycles. The zero-order valence-electron chi connectivity index (χ0n) is 10.5. The smallest absolute Gasteiger partial charge is 0.174 e. The van der Waals surface area contributed by atoms with Crippen LogP contribution < -0.4 is 5.32 Å². The molecule has 1 aromatic carbocycles. The third kappa shape index (κ3) is 2.46. The number of hydrogen-bond donors (Lipinski definition) is 1. The van der Waals surface area contributed by atoms with Gasteiger partial charge in [-0.25, -0.2) is 0 Å². The summed E-state index contributed by atoms with van der Waals surface area (Å²) in [6, 6.07) is 12.3. The van der Waals surface area contributed by atoms with Crippen LogP contribution in [0.15, 0.2) is 30.3 Å². The maximum Gasteiger partial charge on any atom is 0.174 e. The zero-order valence-corrected chi connectivity index (χ0v) is 11.3. The highest BCUT2D eigenvalue weighted by Gasteiger charge is 2.39. The first-order chi connectivity index (χ1) is 8.68. The van der Waals surface area contributed by atoms with Crippen molar-refractivity contribution < 1.29 is 0 Å². The average molecular weight is 259 g/mol. The van der Waals surface area contributed by atoms with Crippen molar-refractivity contribution in [2.45, 2.75) is 31.2 Å². The Morgan fingerprint density at radius 1 is 1.33 bits per heavy atom. The van der Waals surface area contributed by atoms with E-state index in [1.54, 1.807) is 0 Å². The predicted octanol–water partition coefficient (Wildman–Crippen LogP) is 3.15. The van der Waals surface area contributed by atoms with Crippen molar-refractivity contribution in [2.24, 2.45) is 0 Å². The van der Waals surface area contributed by atoms with Gasteiger partial charge < -0.3 is 10.2 Å². The molecule has 0 bridgehead atoms. The molecule has 1 aliphatic carbocycles. The largest absolute Gasteiger partial charge is 0.333 e. The van der Waals surface area contributed by atoms with Crippen LogP contribution in [0, 0.1) is 11.3 Å². The molecule has 2 rings (SSSR count). The number of benzene rings is 1. The molecule has 0 unspecified atom stereocenters. The molecule has 0 spiro atoms. The maximum atomic E-state index is 9.42. The molecule has 0 aromatic heterocycles. The van der Waals surface area contributed by atoms with Gasteiger partial charge in [-0.15, -0.1) is 0 Å². The lowest BCUT2D eigenvalue weighted by Crippen LogP contribution is -2.48. The van der Waals surface area contributed by atoms with Gasteiger partial charge >= 0.3 is 0 Å². The molecule has 1 N–H and O–H groups in total. The minimum atomic E-state index is -0.418. The van der Waals surface area contributed by atoms with E-state index < -0.39 is 5.54 Å². The molecule has 1 aromatic rings. The summed E-state index contributed by atoms with van der Waals surface area (Å²) in [5.74, 6) is 0. The number of nitriles is 1. The standard InChI is InChI=1S/C14H17N3S/c1-17(14(11-15)9-5-6-10-14)13(18)16-12-7-3-2-4-8-12/h2-4,7-8H,5-6,9-10H2,1H3,(H,16,18). The summed E-state index contributed by atoms with van der Waals surface area (Å²) in [4.78, 5) is 1.92. The van der Waals surface area contributed by atoms with E-state index in [-0.39, 0.29) is 0 Å². The van der Waals surface area contributed by atoms with Crippen molar-refractivity contribution in [3.63, 3.8) is 0 Å². The number of nitrogens with one attached hydrogen (secondary N) is 1. The lowest BCUT2D eigenvalue weighted by molar-refractivity contribution is 0.288. The lowest BCUT2D eigenvalue weighted by Gasteiger charge is -2.34. The second kappa shape index (κ2) is 5.36. The first-order valence-electron chi connectivity index (χ1n) is 6.19. The quantitative estimate of drug-likeness (QED) is 0.828. The number of anilines is 1. The predicted molar refractivity (Wildman–Crippen MR) is 77.2 cm³/mol. The molecule has 94 valence electrons. The molecule has 18 heavy (non-hydrogen) atoms. The minimum Gasteiger partial charge on any atom is -0.333 e. The van der Waals surface area contributed by atoms with Crippen LogP contribution in [0.2, 0.25) is 0 Å². The molecule has 4 heteroatoms. The van der Waals surface area contributed by atoms with Crippen LogP contribution in [-0.2, 0) is 0 Å². The summed E-state index contributed by atoms with van der Waals surface area (Å²) in [5, 5.41) is 13.2. The summed E-state index contributed by atoms with van der Waals surface area (Å²) in [5.41, 5.74) is 0.541. The molecule has 0 aliphatic heterocycles. The van der Waals surface area contributed by atoms with Gasteiger partial charge in [-0.1, -0.05) is 18.2 Å². The Bertz CT molecular complexity index is 458. The summed E-state index contributed by atoms with van der Waals surface area (Å²) >= 11 is 5.40. The summed E-state index contributed by atoms with van der Waals surface area (Å²) in [6.45, 7) is 0. The second-order valence-corrected chi connectivity index (χ2v) is 5.09. The van der Waals surface area contributed by atoms with Gasteiger partial charge in [0, 0.05) is 12.7 Å². The van der Waals surface area contributed by atoms with Gasteiger partial charge in [0.1, 0.15) is 5.54 Å². The summed E-state index contributed by atoms with van der Waals surface area (Å²) < 4.78 is 0. The maximum absolute atomic E-state index is 9.42. The van der Waals surface area contributed by atoms with Gasteiger partial charge in [0.25, 0.3) is 0 Å². The average Bonchev–Trinajstić information content (AvgIpc) is 2.89. The highest BCUT2D eigenvalue weighted by atomic mass is 32.1. The molecule has 0 heterocycles. The van der Waals surface area contributed by atoms with Crippen molar-refractivity contribution >= 4 is 23.0 Å². The van der Waals surface area contributed by atoms with Crippen LogP contribution in [0.1, 0.15) is 25.7 Å². The monoisotopic (exact) mass is 259 g/mol. The Morgan fingerprint density at radius 3 is 2.50 bits per heavy atom. The van der Waals surface area contributed by atoms with Crippen LogP contribution in [0.3, 0.4) is 0 Å². The van der Waals surface area contributed by atoms with Gasteiger partial charge in [-0.3, -0.25) is 0 Å². The molecule has 0 saturated heterocycles. The molecular weight excluding hydrogens is 242 g/mol. The third-order valence-electron chi connectivity index (χ3n) is 3.61. The third-order valence-corrected chi connectivity index (χ3v) is 3.99. The summed E-state index contributed by atoms with van der Waals surface area (Å²) in [6.07, 6.45) is 4.00. The lowest BCUT2D eigenvalue weighted by atomic mass is 9.98. The van der Waals surface area contributed by atoms with E-state index in [1.165, 1.54) is 0 Å². The molecule has 3 nitrogen and oxygen atoms in total. The van der Waals surface area contributed by atoms with Crippen molar-refractivity contribution in [3.8, 4) is 6.07 Å². The Kier molecular flexibility index (Phi) is 3.83. The first-order valence-corrected chi connectivity index (χ1v) is 6.60. The molecule has 0 atom stereocenters. The molecular formula is C14H17N3S. The van der Waals surface area contributed by atoms with E-state index >= 15 is 0 Å². The minimum absolute atomic E-state index is 0.418. The van der Waals surface area contributed by atoms with Gasteiger partial charge in [0.05, 0.1) is 6.07 Å². The molecule has 0 amide bonds. The number of nitrogens with zero attached hydrogens (tertiary/aromatic N) is 2. The number of rotatable bonds is 2. The molecule has 0 radical (unpaired) electrons. The second-order valence-electron chi connectivity index (χ2n) is 4.71. The normalized spacial score (nSPS) is 16.9. The van der Waals surface area contributed by atoms with E-state index in [1.807, 2.05) is 42.3 Å². The van der Waals surface area contributed by atoms with Crippen LogP contribution in [-0.4, -0.2) is 22.6 Å². The Labute approximate surface area is 113 Å². The molecule has 1 aliphatic rings. The SMILES string of the molecule is CN(C(=S)Nc1ccccc1)C1(C#N)CCCC1. The van der Waals surface area contributed by atoms with Crippen molar-refractivity contribution in [1.29, 1.82) is 5.26 Å². The van der Waals surface area contributed by atoms with Gasteiger partial charge in [-0.2, -0.15) is 5.26 Å². The fourth-order valence-electron chi connectivity index (χ4n) is 2.41. The van der Waals surface area contributed by atoms with E-state index in [2.05, 4.69) is 11.4 Å². The highest BCUT2D eigenvalue weighted by molar-refractivity contribution is 7.80. The van der Waals surface area contributed by atoms with Crippen LogP contribution in [0.25, 0.3) is 0 Å². The Hall–Kier alpha value is -1.60. The van der Waals surface area contributed by atoms with Gasteiger partial charge in [-0.05, 0) is 50.0 Å². The number of para-hydroxylation sites is 1. The van der Waals surface area contributed by atoms with E-state index in [9.17, 15) is 5.26 Å².